The molecular weight excluding hydrogens is 336 g/mol. The predicted octanol–water partition coefficient (Wildman–Crippen LogP) is 1.16. The van der Waals surface area contributed by atoms with E-state index in [1.807, 2.05) is 0 Å². The Kier molecular flexibility index (Phi) is 5.05. The summed E-state index contributed by atoms with van der Waals surface area (Å²) in [4.78, 5) is 25.3. The molecule has 0 saturated carbocycles. The van der Waals surface area contributed by atoms with Crippen molar-refractivity contribution in [2.24, 2.45) is 5.92 Å². The maximum absolute atomic E-state index is 12.7. The molecule has 1 N–H and O–H groups in total. The molecule has 134 valence electrons. The van der Waals surface area contributed by atoms with Crippen molar-refractivity contribution in [1.29, 1.82) is 0 Å². The number of carbonyl (C=O) groups excluding carboxylic acids is 1. The summed E-state index contributed by atoms with van der Waals surface area (Å²) in [6.45, 7) is 3.58. The highest BCUT2D eigenvalue weighted by molar-refractivity contribution is 7.89. The van der Waals surface area contributed by atoms with Gasteiger partial charge in [-0.2, -0.15) is 0 Å². The molecule has 8 nitrogen and oxygen atoms in total. The van der Waals surface area contributed by atoms with Crippen LogP contribution in [0.1, 0.15) is 36.1 Å². The van der Waals surface area contributed by atoms with Crippen molar-refractivity contribution in [2.45, 2.75) is 37.6 Å². The molecule has 1 aliphatic heterocycles. The van der Waals surface area contributed by atoms with E-state index < -0.39 is 33.9 Å². The molecule has 2 heterocycles. The Labute approximate surface area is 141 Å². The van der Waals surface area contributed by atoms with Crippen molar-refractivity contribution in [3.63, 3.8) is 0 Å². The van der Waals surface area contributed by atoms with Gasteiger partial charge in [0.15, 0.2) is 5.76 Å². The summed E-state index contributed by atoms with van der Waals surface area (Å²) in [6.07, 6.45) is 1.09. The normalized spacial score (nSPS) is 22.0. The predicted molar refractivity (Wildman–Crippen MR) is 85.2 cm³/mol. The minimum Gasteiger partial charge on any atom is -0.481 e. The lowest BCUT2D eigenvalue weighted by Crippen LogP contribution is -2.49. The number of aryl methyl sites for hydroxylation is 1. The number of likely N-dealkylation sites (tertiary alicyclic amines) is 1. The molecule has 2 rings (SSSR count). The van der Waals surface area contributed by atoms with E-state index in [2.05, 4.69) is 0 Å². The van der Waals surface area contributed by atoms with Gasteiger partial charge < -0.3 is 14.4 Å². The van der Waals surface area contributed by atoms with Gasteiger partial charge in [-0.3, -0.25) is 9.59 Å². The summed E-state index contributed by atoms with van der Waals surface area (Å²) in [6, 6.07) is 0.729. The molecule has 2 atom stereocenters. The first-order valence-corrected chi connectivity index (χ1v) is 9.08. The third-order valence-corrected chi connectivity index (χ3v) is 6.33. The molecule has 0 aromatic carbocycles. The van der Waals surface area contributed by atoms with E-state index in [9.17, 15) is 23.1 Å². The van der Waals surface area contributed by atoms with E-state index in [1.165, 1.54) is 32.0 Å². The van der Waals surface area contributed by atoms with Gasteiger partial charge in [-0.25, -0.2) is 12.7 Å². The molecular formula is C15H22N2O6S. The van der Waals surface area contributed by atoms with Crippen LogP contribution in [0.3, 0.4) is 0 Å². The summed E-state index contributed by atoms with van der Waals surface area (Å²) >= 11 is 0. The smallest absolute Gasteiger partial charge is 0.308 e. The number of rotatable bonds is 4. The minimum atomic E-state index is -3.71. The van der Waals surface area contributed by atoms with E-state index in [-0.39, 0.29) is 16.4 Å². The number of amides is 1. The Morgan fingerprint density at radius 3 is 2.54 bits per heavy atom. The molecule has 1 aliphatic rings. The van der Waals surface area contributed by atoms with Crippen LogP contribution in [0.2, 0.25) is 0 Å². The topological polar surface area (TPSA) is 108 Å². The third kappa shape index (κ3) is 3.18. The molecule has 1 aromatic rings. The molecule has 0 bridgehead atoms. The minimum absolute atomic E-state index is 0.0599. The number of nitrogens with zero attached hydrogens (tertiary/aromatic N) is 2. The van der Waals surface area contributed by atoms with Crippen LogP contribution in [0.25, 0.3) is 0 Å². The number of hydrogen-bond donors (Lipinski definition) is 1. The lowest BCUT2D eigenvalue weighted by molar-refractivity contribution is -0.145. The van der Waals surface area contributed by atoms with Crippen molar-refractivity contribution >= 4 is 21.9 Å². The van der Waals surface area contributed by atoms with Gasteiger partial charge in [0.2, 0.25) is 10.0 Å². The highest BCUT2D eigenvalue weighted by Crippen LogP contribution is 2.28. The van der Waals surface area contributed by atoms with Crippen LogP contribution >= 0.6 is 0 Å². The SMILES string of the molecule is Cc1oc(C(=O)N2CCC[C@@H](C(=O)O)[C@H]2C)cc1S(=O)(=O)N(C)C. The van der Waals surface area contributed by atoms with E-state index in [0.29, 0.717) is 19.4 Å². The Morgan fingerprint density at radius 2 is 2.00 bits per heavy atom. The van der Waals surface area contributed by atoms with Crippen LogP contribution in [-0.2, 0) is 14.8 Å². The zero-order valence-corrected chi connectivity index (χ0v) is 15.0. The molecule has 0 aliphatic carbocycles. The highest BCUT2D eigenvalue weighted by atomic mass is 32.2. The van der Waals surface area contributed by atoms with Crippen LogP contribution < -0.4 is 0 Å². The molecule has 1 amide bonds. The molecule has 1 fully saturated rings. The lowest BCUT2D eigenvalue weighted by Gasteiger charge is -2.36. The Morgan fingerprint density at radius 1 is 1.38 bits per heavy atom. The van der Waals surface area contributed by atoms with Gasteiger partial charge >= 0.3 is 5.97 Å². The maximum atomic E-state index is 12.7. The first-order valence-electron chi connectivity index (χ1n) is 7.64. The summed E-state index contributed by atoms with van der Waals surface area (Å²) in [5.74, 6) is -2.02. The zero-order chi connectivity index (χ0) is 18.2. The van der Waals surface area contributed by atoms with Crippen molar-refractivity contribution in [2.75, 3.05) is 20.6 Å². The van der Waals surface area contributed by atoms with Crippen molar-refractivity contribution in [1.82, 2.24) is 9.21 Å². The number of carboxylic acid groups (broad SMARTS) is 1. The van der Waals surface area contributed by atoms with E-state index in [4.69, 9.17) is 4.42 Å². The first-order chi connectivity index (χ1) is 11.1. The van der Waals surface area contributed by atoms with Crippen LogP contribution in [0.5, 0.6) is 0 Å². The maximum Gasteiger partial charge on any atom is 0.308 e. The fraction of sp³-hybridized carbons (Fsp3) is 0.600. The highest BCUT2D eigenvalue weighted by Gasteiger charge is 2.37. The average molecular weight is 358 g/mol. The molecule has 0 radical (unpaired) electrons. The second-order valence-electron chi connectivity index (χ2n) is 6.14. The van der Waals surface area contributed by atoms with E-state index in [1.54, 1.807) is 6.92 Å². The number of carboxylic acids is 1. The van der Waals surface area contributed by atoms with Crippen molar-refractivity contribution < 1.29 is 27.5 Å². The monoisotopic (exact) mass is 358 g/mol. The summed E-state index contributed by atoms with van der Waals surface area (Å²) in [7, 11) is -0.921. The molecule has 0 unspecified atom stereocenters. The summed E-state index contributed by atoms with van der Waals surface area (Å²) in [5, 5.41) is 9.25. The van der Waals surface area contributed by atoms with Crippen LogP contribution in [0.4, 0.5) is 0 Å². The Balaban J connectivity index is 2.33. The van der Waals surface area contributed by atoms with Crippen molar-refractivity contribution in [3.05, 3.63) is 17.6 Å². The number of sulfonamides is 1. The van der Waals surface area contributed by atoms with E-state index in [0.717, 1.165) is 4.31 Å². The Hall–Kier alpha value is -1.87. The number of furan rings is 1. The molecule has 0 spiro atoms. The second-order valence-corrected chi connectivity index (χ2v) is 8.26. The second kappa shape index (κ2) is 6.56. The number of hydrogen-bond acceptors (Lipinski definition) is 5. The van der Waals surface area contributed by atoms with Crippen molar-refractivity contribution in [3.8, 4) is 0 Å². The standard InChI is InChI=1S/C15H22N2O6S/c1-9-11(15(19)20)6-5-7-17(9)14(18)12-8-13(10(2)23-12)24(21,22)16(3)4/h8-9,11H,5-7H2,1-4H3,(H,19,20)/t9-,11-/m1/s1. The van der Waals surface area contributed by atoms with Crippen LogP contribution in [0.15, 0.2) is 15.4 Å². The van der Waals surface area contributed by atoms with Gasteiger partial charge in [-0.1, -0.05) is 0 Å². The van der Waals surface area contributed by atoms with Gasteiger partial charge in [-0.05, 0) is 26.7 Å². The molecule has 24 heavy (non-hydrogen) atoms. The van der Waals surface area contributed by atoms with Gasteiger partial charge in [0.05, 0.1) is 5.92 Å². The fourth-order valence-electron chi connectivity index (χ4n) is 2.93. The fourth-order valence-corrected chi connectivity index (χ4v) is 3.98. The van der Waals surface area contributed by atoms with Gasteiger partial charge in [0, 0.05) is 32.7 Å². The molecule has 1 aromatic heterocycles. The van der Waals surface area contributed by atoms with Gasteiger partial charge in [-0.15, -0.1) is 0 Å². The van der Waals surface area contributed by atoms with Crippen LogP contribution in [-0.4, -0.2) is 61.3 Å². The number of aliphatic carboxylic acids is 1. The largest absolute Gasteiger partial charge is 0.481 e. The Bertz CT molecular complexity index is 752. The zero-order valence-electron chi connectivity index (χ0n) is 14.1. The van der Waals surface area contributed by atoms with E-state index >= 15 is 0 Å². The van der Waals surface area contributed by atoms with Crippen LogP contribution in [0, 0.1) is 12.8 Å². The average Bonchev–Trinajstić information content (AvgIpc) is 2.89. The number of piperidine rings is 1. The molecule has 1 saturated heterocycles. The summed E-state index contributed by atoms with van der Waals surface area (Å²) in [5.41, 5.74) is 0. The lowest BCUT2D eigenvalue weighted by atomic mass is 9.90. The summed E-state index contributed by atoms with van der Waals surface area (Å²) < 4.78 is 30.9. The number of carbonyl (C=O) groups is 2. The van der Waals surface area contributed by atoms with Gasteiger partial charge in [0.1, 0.15) is 10.7 Å². The quantitative estimate of drug-likeness (QED) is 0.865. The van der Waals surface area contributed by atoms with Gasteiger partial charge in [0.25, 0.3) is 5.91 Å². The first kappa shape index (κ1) is 18.5. The molecule has 9 heteroatoms. The third-order valence-electron chi connectivity index (χ3n) is 4.41.